The van der Waals surface area contributed by atoms with Gasteiger partial charge < -0.3 is 34.1 Å². The topological polar surface area (TPSA) is 93.2 Å². The van der Waals surface area contributed by atoms with E-state index in [1.165, 1.54) is 12.1 Å². The molecular weight excluding hydrogens is 527 g/mol. The smallest absolute Gasteiger partial charge is 0.238 e. The number of methoxy groups -OCH3 is 1. The number of piperazine rings is 1. The Balaban J connectivity index is 1.26. The predicted molar refractivity (Wildman–Crippen MR) is 154 cm³/mol. The van der Waals surface area contributed by atoms with Crippen molar-refractivity contribution in [1.29, 1.82) is 0 Å². The molecule has 2 aliphatic rings. The number of nitrogens with one attached hydrogen (secondary N) is 1. The summed E-state index contributed by atoms with van der Waals surface area (Å²) in [7, 11) is 3.71. The van der Waals surface area contributed by atoms with Crippen molar-refractivity contribution in [3.63, 3.8) is 0 Å². The summed E-state index contributed by atoms with van der Waals surface area (Å²) in [5.74, 6) is 0.294. The first kappa shape index (κ1) is 28.8. The summed E-state index contributed by atoms with van der Waals surface area (Å²) in [6.07, 6.45) is 3.18. The van der Waals surface area contributed by atoms with Gasteiger partial charge >= 0.3 is 0 Å². The lowest BCUT2D eigenvalue weighted by molar-refractivity contribution is -0.127. The van der Waals surface area contributed by atoms with Gasteiger partial charge in [-0.25, -0.2) is 4.39 Å². The lowest BCUT2D eigenvalue weighted by atomic mass is 10.0. The van der Waals surface area contributed by atoms with Gasteiger partial charge in [-0.3, -0.25) is 9.78 Å². The van der Waals surface area contributed by atoms with E-state index >= 15 is 4.39 Å². The number of fused-ring (bicyclic) bond motifs is 1. The van der Waals surface area contributed by atoms with Gasteiger partial charge in [0.1, 0.15) is 17.5 Å². The Bertz CT molecular complexity index is 1420. The molecule has 0 radical (unpaired) electrons. The zero-order valence-corrected chi connectivity index (χ0v) is 24.0. The highest BCUT2D eigenvalue weighted by Crippen LogP contribution is 2.57. The Morgan fingerprint density at radius 1 is 1.07 bits per heavy atom. The number of carbonyl (C=O) groups is 2. The Labute approximate surface area is 239 Å². The maximum atomic E-state index is 15.1. The van der Waals surface area contributed by atoms with Crippen LogP contribution < -0.4 is 19.5 Å². The summed E-state index contributed by atoms with van der Waals surface area (Å²) in [5, 5.41) is 3.30. The molecule has 2 aromatic carbocycles. The molecule has 41 heavy (non-hydrogen) atoms. The van der Waals surface area contributed by atoms with Gasteiger partial charge in [-0.15, -0.1) is 0 Å². The molecule has 0 bridgehead atoms. The van der Waals surface area contributed by atoms with Crippen molar-refractivity contribution >= 4 is 28.8 Å². The second kappa shape index (κ2) is 12.0. The van der Waals surface area contributed by atoms with E-state index in [4.69, 9.17) is 14.2 Å². The maximum absolute atomic E-state index is 15.1. The van der Waals surface area contributed by atoms with Crippen molar-refractivity contribution in [3.8, 4) is 23.0 Å². The van der Waals surface area contributed by atoms with Crippen LogP contribution in [-0.2, 0) is 9.59 Å². The Hall–Kier alpha value is -3.76. The molecule has 0 unspecified atom stereocenters. The van der Waals surface area contributed by atoms with E-state index in [-0.39, 0.29) is 23.3 Å². The number of nitrogens with zero attached hydrogens (tertiary/aromatic N) is 3. The molecule has 2 heterocycles. The van der Waals surface area contributed by atoms with Crippen LogP contribution in [0.1, 0.15) is 20.3 Å². The van der Waals surface area contributed by atoms with Crippen LogP contribution in [0.15, 0.2) is 42.6 Å². The maximum Gasteiger partial charge on any atom is 0.238 e. The molecule has 3 atom stereocenters. The molecule has 3 aromatic rings. The van der Waals surface area contributed by atoms with Gasteiger partial charge in [0, 0.05) is 62.1 Å². The van der Waals surface area contributed by atoms with Gasteiger partial charge in [-0.05, 0) is 49.6 Å². The third kappa shape index (κ3) is 5.85. The monoisotopic (exact) mass is 564 g/mol. The van der Waals surface area contributed by atoms with Crippen LogP contribution in [-0.4, -0.2) is 80.5 Å². The number of anilines is 1. The third-order valence-electron chi connectivity index (χ3n) is 8.60. The summed E-state index contributed by atoms with van der Waals surface area (Å²) in [4.78, 5) is 33.5. The fraction of sp³-hybridized carbons (Fsp3) is 0.452. The summed E-state index contributed by atoms with van der Waals surface area (Å²) < 4.78 is 32.6. The summed E-state index contributed by atoms with van der Waals surface area (Å²) in [5.41, 5.74) is -0.190. The number of rotatable bonds is 11. The number of hydrogen-bond donors (Lipinski definition) is 1. The number of amides is 1. The molecule has 1 N–H and O–H groups in total. The molecule has 5 rings (SSSR count). The van der Waals surface area contributed by atoms with Crippen LogP contribution >= 0.6 is 0 Å². The zero-order chi connectivity index (χ0) is 29.1. The predicted octanol–water partition coefficient (Wildman–Crippen LogP) is 4.60. The normalized spacial score (nSPS) is 22.8. The van der Waals surface area contributed by atoms with Crippen molar-refractivity contribution in [2.75, 3.05) is 58.8 Å². The van der Waals surface area contributed by atoms with Crippen LogP contribution in [0.2, 0.25) is 0 Å². The number of pyridine rings is 1. The number of aromatic nitrogens is 1. The standard InChI is InChI=1S/C31H37FN4O5/c1-20-21(2)31(20,19-37)30(38)34-22-6-7-27(24(32)16-22)41-26-8-9-33-25-18-29(28(39-4)17-23(25)26)40-15-5-10-36-13-11-35(3)12-14-36/h6-9,16-21H,5,10-15H2,1-4H3,(H,34,38)/t20-,21+,31+. The first-order valence-corrected chi connectivity index (χ1v) is 14.0. The van der Waals surface area contributed by atoms with Gasteiger partial charge in [0.15, 0.2) is 23.1 Å². The van der Waals surface area contributed by atoms with E-state index < -0.39 is 17.1 Å². The van der Waals surface area contributed by atoms with Crippen LogP contribution in [0.3, 0.4) is 0 Å². The first-order chi connectivity index (χ1) is 19.8. The van der Waals surface area contributed by atoms with Crippen molar-refractivity contribution in [2.24, 2.45) is 17.3 Å². The van der Waals surface area contributed by atoms with Gasteiger partial charge in [0.25, 0.3) is 0 Å². The van der Waals surface area contributed by atoms with Crippen molar-refractivity contribution in [1.82, 2.24) is 14.8 Å². The van der Waals surface area contributed by atoms with E-state index in [0.29, 0.717) is 41.0 Å². The Morgan fingerprint density at radius 3 is 2.49 bits per heavy atom. The summed E-state index contributed by atoms with van der Waals surface area (Å²) >= 11 is 0. The average molecular weight is 565 g/mol. The third-order valence-corrected chi connectivity index (χ3v) is 8.60. The van der Waals surface area contributed by atoms with E-state index in [1.807, 2.05) is 13.8 Å². The lowest BCUT2D eigenvalue weighted by Crippen LogP contribution is -2.44. The molecule has 1 aliphatic heterocycles. The van der Waals surface area contributed by atoms with E-state index in [9.17, 15) is 9.59 Å². The number of halogens is 1. The number of carbonyl (C=O) groups excluding carboxylic acids is 2. The first-order valence-electron chi connectivity index (χ1n) is 14.0. The van der Waals surface area contributed by atoms with Crippen LogP contribution in [0.4, 0.5) is 10.1 Å². The van der Waals surface area contributed by atoms with Crippen molar-refractivity contribution in [2.45, 2.75) is 20.3 Å². The fourth-order valence-corrected chi connectivity index (χ4v) is 5.54. The van der Waals surface area contributed by atoms with Crippen LogP contribution in [0.25, 0.3) is 10.9 Å². The lowest BCUT2D eigenvalue weighted by Gasteiger charge is -2.32. The van der Waals surface area contributed by atoms with E-state index in [0.717, 1.165) is 39.1 Å². The Morgan fingerprint density at radius 2 is 1.83 bits per heavy atom. The fourth-order valence-electron chi connectivity index (χ4n) is 5.54. The Kier molecular flexibility index (Phi) is 8.42. The SMILES string of the molecule is COc1cc2c(Oc3ccc(NC(=O)[C@@]4(C=O)[C@H](C)[C@@H]4C)cc3F)ccnc2cc1OCCCN1CCN(C)CC1. The molecule has 9 nitrogen and oxygen atoms in total. The molecule has 1 aliphatic carbocycles. The molecule has 10 heteroatoms. The summed E-state index contributed by atoms with van der Waals surface area (Å²) in [6.45, 7) is 9.54. The molecular formula is C31H37FN4O5. The van der Waals surface area contributed by atoms with E-state index in [1.54, 1.807) is 37.6 Å². The van der Waals surface area contributed by atoms with Gasteiger partial charge in [0.2, 0.25) is 5.91 Å². The molecule has 1 saturated carbocycles. The number of aldehydes is 1. The van der Waals surface area contributed by atoms with Gasteiger partial charge in [0.05, 0.1) is 19.2 Å². The van der Waals surface area contributed by atoms with Crippen molar-refractivity contribution in [3.05, 3.63) is 48.4 Å². The number of ether oxygens (including phenoxy) is 3. The molecule has 218 valence electrons. The second-order valence-corrected chi connectivity index (χ2v) is 11.0. The molecule has 1 saturated heterocycles. The molecule has 1 aromatic heterocycles. The molecule has 2 fully saturated rings. The highest BCUT2D eigenvalue weighted by molar-refractivity contribution is 6.08. The number of likely N-dealkylation sites (N-methyl/N-ethyl adjacent to an activating group) is 1. The minimum atomic E-state index is -1.06. The van der Waals surface area contributed by atoms with Crippen LogP contribution in [0, 0.1) is 23.1 Å². The number of hydrogen-bond acceptors (Lipinski definition) is 8. The molecule has 0 spiro atoms. The van der Waals surface area contributed by atoms with Gasteiger partial charge in [-0.2, -0.15) is 0 Å². The molecule has 1 amide bonds. The largest absolute Gasteiger partial charge is 0.493 e. The highest BCUT2D eigenvalue weighted by Gasteiger charge is 2.64. The van der Waals surface area contributed by atoms with Crippen molar-refractivity contribution < 1.29 is 28.2 Å². The highest BCUT2D eigenvalue weighted by atomic mass is 19.1. The zero-order valence-electron chi connectivity index (χ0n) is 24.0. The quantitative estimate of drug-likeness (QED) is 0.205. The summed E-state index contributed by atoms with van der Waals surface area (Å²) in [6, 6.07) is 9.40. The van der Waals surface area contributed by atoms with Crippen LogP contribution in [0.5, 0.6) is 23.0 Å². The average Bonchev–Trinajstić information content (AvgIpc) is 3.52. The second-order valence-electron chi connectivity index (χ2n) is 11.0. The minimum absolute atomic E-state index is 0.0167. The number of benzene rings is 2. The van der Waals surface area contributed by atoms with E-state index in [2.05, 4.69) is 27.1 Å². The minimum Gasteiger partial charge on any atom is -0.493 e. The van der Waals surface area contributed by atoms with Gasteiger partial charge in [-0.1, -0.05) is 13.8 Å².